The van der Waals surface area contributed by atoms with Crippen LogP contribution in [0.1, 0.15) is 29.8 Å². The molecule has 3 nitrogen and oxygen atoms in total. The summed E-state index contributed by atoms with van der Waals surface area (Å²) < 4.78 is 28.9. The molecule has 1 aromatic carbocycles. The van der Waals surface area contributed by atoms with Crippen molar-refractivity contribution in [2.24, 2.45) is 5.73 Å². The van der Waals surface area contributed by atoms with Crippen LogP contribution in [0.15, 0.2) is 18.2 Å². The SMILES string of the molecule is CC(C)(O)c1ccc(-c2cc(C(N)=O)c([As])s2)c(F)c1F. The van der Waals surface area contributed by atoms with Crippen molar-refractivity contribution < 1.29 is 18.7 Å². The molecule has 0 aliphatic rings. The maximum absolute atomic E-state index is 14.2. The summed E-state index contributed by atoms with van der Waals surface area (Å²) in [6.45, 7) is 2.75. The van der Waals surface area contributed by atoms with E-state index in [0.717, 1.165) is 11.3 Å². The third-order valence-electron chi connectivity index (χ3n) is 2.98. The molecule has 2 radical (unpaired) electrons. The van der Waals surface area contributed by atoms with E-state index in [9.17, 15) is 18.7 Å². The summed E-state index contributed by atoms with van der Waals surface area (Å²) in [4.78, 5) is 11.6. The van der Waals surface area contributed by atoms with Crippen LogP contribution in [-0.4, -0.2) is 27.9 Å². The standard InChI is InChI=1S/C14H12AsF2NO2S/c1-14(2,20)8-4-3-6(10(16)11(8)17)9-5-7(13(18)19)12(15)21-9/h3-5,20H,1-2H3,(H2,18,19). The molecule has 21 heavy (non-hydrogen) atoms. The number of rotatable bonds is 3. The van der Waals surface area contributed by atoms with Gasteiger partial charge in [-0.2, -0.15) is 0 Å². The van der Waals surface area contributed by atoms with Crippen LogP contribution in [0, 0.1) is 11.6 Å². The van der Waals surface area contributed by atoms with Gasteiger partial charge in [0.05, 0.1) is 0 Å². The number of aliphatic hydroxyl groups is 1. The number of carbonyl (C=O) groups is 1. The van der Waals surface area contributed by atoms with Crippen LogP contribution in [0.25, 0.3) is 10.4 Å². The Labute approximate surface area is 133 Å². The van der Waals surface area contributed by atoms with Crippen LogP contribution in [0.3, 0.4) is 0 Å². The number of hydrogen-bond acceptors (Lipinski definition) is 3. The average molecular weight is 371 g/mol. The Morgan fingerprint density at radius 2 is 1.95 bits per heavy atom. The van der Waals surface area contributed by atoms with Crippen molar-refractivity contribution in [1.82, 2.24) is 0 Å². The van der Waals surface area contributed by atoms with Gasteiger partial charge in [-0.15, -0.1) is 0 Å². The Hall–Kier alpha value is -1.23. The fraction of sp³-hybridized carbons (Fsp3) is 0.214. The molecule has 110 valence electrons. The number of nitrogens with two attached hydrogens (primary N) is 1. The predicted octanol–water partition coefficient (Wildman–Crippen LogP) is 1.81. The van der Waals surface area contributed by atoms with E-state index >= 15 is 0 Å². The molecule has 0 unspecified atom stereocenters. The van der Waals surface area contributed by atoms with E-state index in [1.807, 2.05) is 0 Å². The second kappa shape index (κ2) is 5.52. The van der Waals surface area contributed by atoms with Gasteiger partial charge in [0.25, 0.3) is 0 Å². The number of amides is 1. The summed E-state index contributed by atoms with van der Waals surface area (Å²) in [5.74, 6) is -2.78. The first kappa shape index (κ1) is 16.1. The van der Waals surface area contributed by atoms with Crippen molar-refractivity contribution in [2.75, 3.05) is 0 Å². The molecular weight excluding hydrogens is 359 g/mol. The van der Waals surface area contributed by atoms with Crippen LogP contribution >= 0.6 is 11.3 Å². The van der Waals surface area contributed by atoms with Gasteiger partial charge in [0.15, 0.2) is 0 Å². The Morgan fingerprint density at radius 3 is 2.43 bits per heavy atom. The number of benzene rings is 1. The van der Waals surface area contributed by atoms with E-state index in [0.29, 0.717) is 8.54 Å². The summed E-state index contributed by atoms with van der Waals surface area (Å²) in [5.41, 5.74) is 3.91. The van der Waals surface area contributed by atoms with Crippen LogP contribution in [0.4, 0.5) is 8.78 Å². The molecule has 1 heterocycles. The molecule has 0 saturated carbocycles. The number of primary amides is 1. The van der Waals surface area contributed by atoms with E-state index in [-0.39, 0.29) is 16.7 Å². The van der Waals surface area contributed by atoms with Gasteiger partial charge in [-0.3, -0.25) is 0 Å². The van der Waals surface area contributed by atoms with Crippen molar-refractivity contribution in [3.8, 4) is 10.4 Å². The molecule has 0 aliphatic carbocycles. The zero-order valence-corrected chi connectivity index (χ0v) is 14.0. The quantitative estimate of drug-likeness (QED) is 0.809. The fourth-order valence-electron chi connectivity index (χ4n) is 1.90. The molecule has 3 N–H and O–H groups in total. The van der Waals surface area contributed by atoms with Crippen LogP contribution < -0.4 is 9.40 Å². The Kier molecular flexibility index (Phi) is 4.24. The molecule has 1 aromatic heterocycles. The number of carbonyl (C=O) groups excluding carboxylic acids is 1. The van der Waals surface area contributed by atoms with Gasteiger partial charge in [-0.25, -0.2) is 0 Å². The van der Waals surface area contributed by atoms with Crippen molar-refractivity contribution in [1.29, 1.82) is 0 Å². The predicted molar refractivity (Wildman–Crippen MR) is 78.8 cm³/mol. The minimum atomic E-state index is -1.48. The zero-order valence-electron chi connectivity index (χ0n) is 11.3. The maximum atomic E-state index is 14.2. The summed E-state index contributed by atoms with van der Waals surface area (Å²) in [7, 11) is 0. The molecule has 2 rings (SSSR count). The van der Waals surface area contributed by atoms with Crippen molar-refractivity contribution in [2.45, 2.75) is 19.4 Å². The van der Waals surface area contributed by atoms with Crippen LogP contribution in [0.5, 0.6) is 0 Å². The second-order valence-corrected chi connectivity index (χ2v) is 7.69. The van der Waals surface area contributed by atoms with Gasteiger partial charge in [-0.1, -0.05) is 0 Å². The van der Waals surface area contributed by atoms with Crippen molar-refractivity contribution in [3.63, 3.8) is 0 Å². The van der Waals surface area contributed by atoms with Gasteiger partial charge >= 0.3 is 133 Å². The molecule has 1 amide bonds. The Morgan fingerprint density at radius 1 is 1.33 bits per heavy atom. The molecule has 0 fully saturated rings. The molecule has 7 heteroatoms. The van der Waals surface area contributed by atoms with Gasteiger partial charge in [0.1, 0.15) is 0 Å². The first-order valence-corrected chi connectivity index (χ1v) is 7.72. The minimum absolute atomic E-state index is 0.0327. The van der Waals surface area contributed by atoms with Gasteiger partial charge in [0.2, 0.25) is 0 Å². The monoisotopic (exact) mass is 371 g/mol. The molecular formula is C14H12AsF2NO2S. The molecule has 0 aliphatic heterocycles. The van der Waals surface area contributed by atoms with Gasteiger partial charge < -0.3 is 0 Å². The normalized spacial score (nSPS) is 11.7. The molecule has 0 atom stereocenters. The van der Waals surface area contributed by atoms with Crippen molar-refractivity contribution >= 4 is 37.8 Å². The first-order chi connectivity index (χ1) is 9.62. The summed E-state index contributed by atoms with van der Waals surface area (Å²) in [5, 5.41) is 9.81. The van der Waals surface area contributed by atoms with E-state index in [1.165, 1.54) is 32.0 Å². The Balaban J connectivity index is 2.59. The first-order valence-electron chi connectivity index (χ1n) is 5.96. The zero-order chi connectivity index (χ0) is 15.9. The van der Waals surface area contributed by atoms with Crippen molar-refractivity contribution in [3.05, 3.63) is 41.0 Å². The molecule has 0 spiro atoms. The van der Waals surface area contributed by atoms with Gasteiger partial charge in [-0.05, 0) is 0 Å². The summed E-state index contributed by atoms with van der Waals surface area (Å²) in [6.07, 6.45) is 0. The molecule has 0 bridgehead atoms. The Bertz CT molecular complexity index is 722. The second-order valence-electron chi connectivity index (χ2n) is 5.04. The van der Waals surface area contributed by atoms with Crippen LogP contribution in [-0.2, 0) is 5.60 Å². The number of halogens is 2. The number of hydrogen-bond donors (Lipinski definition) is 2. The third-order valence-corrected chi connectivity index (χ3v) is 5.04. The summed E-state index contributed by atoms with van der Waals surface area (Å²) in [6, 6.07) is 4.15. The van der Waals surface area contributed by atoms with E-state index in [1.54, 1.807) is 0 Å². The third kappa shape index (κ3) is 3.02. The van der Waals surface area contributed by atoms with Crippen LogP contribution in [0.2, 0.25) is 0 Å². The average Bonchev–Trinajstić information content (AvgIpc) is 2.73. The van der Waals surface area contributed by atoms with E-state index in [2.05, 4.69) is 16.9 Å². The van der Waals surface area contributed by atoms with Gasteiger partial charge in [0, 0.05) is 0 Å². The number of thiophene rings is 1. The summed E-state index contributed by atoms with van der Waals surface area (Å²) >= 11 is 3.31. The topological polar surface area (TPSA) is 63.3 Å². The molecule has 2 aromatic rings. The van der Waals surface area contributed by atoms with E-state index < -0.39 is 23.1 Å². The van der Waals surface area contributed by atoms with E-state index in [4.69, 9.17) is 5.73 Å². The fourth-order valence-corrected chi connectivity index (χ4v) is 3.81. The molecule has 0 saturated heterocycles.